The van der Waals surface area contributed by atoms with Gasteiger partial charge in [0.15, 0.2) is 5.78 Å². The number of hydrogen-bond acceptors (Lipinski definition) is 2. The van der Waals surface area contributed by atoms with Crippen LogP contribution in [-0.4, -0.2) is 23.6 Å². The first-order valence-electron chi connectivity index (χ1n) is 6.26. The van der Waals surface area contributed by atoms with Gasteiger partial charge < -0.3 is 4.90 Å². The molecular weight excluding hydrogens is 250 g/mol. The van der Waals surface area contributed by atoms with E-state index in [9.17, 15) is 9.59 Å². The fraction of sp³-hybridized carbons (Fsp3) is 0.429. The summed E-state index contributed by atoms with van der Waals surface area (Å²) in [5, 5.41) is -0.121. The zero-order chi connectivity index (χ0) is 12.7. The van der Waals surface area contributed by atoms with Crippen LogP contribution in [0.2, 0.25) is 0 Å². The first-order valence-corrected chi connectivity index (χ1v) is 6.69. The van der Waals surface area contributed by atoms with Crippen molar-refractivity contribution in [1.82, 2.24) is 0 Å². The number of benzene rings is 1. The Morgan fingerprint density at radius 3 is 2.78 bits per heavy atom. The van der Waals surface area contributed by atoms with Crippen molar-refractivity contribution in [3.63, 3.8) is 0 Å². The molecule has 4 heteroatoms. The second kappa shape index (κ2) is 4.39. The maximum absolute atomic E-state index is 11.9. The Bertz CT molecular complexity index is 527. The summed E-state index contributed by atoms with van der Waals surface area (Å²) in [5.74, 6) is 0.227. The van der Waals surface area contributed by atoms with Crippen LogP contribution >= 0.6 is 11.6 Å². The molecule has 1 atom stereocenters. The van der Waals surface area contributed by atoms with Gasteiger partial charge in [-0.05, 0) is 30.5 Å². The number of alkyl halides is 1. The molecule has 1 aromatic carbocycles. The number of carbonyl (C=O) groups is 2. The molecule has 0 spiro atoms. The second-order valence-electron chi connectivity index (χ2n) is 4.92. The summed E-state index contributed by atoms with van der Waals surface area (Å²) < 4.78 is 0. The van der Waals surface area contributed by atoms with Crippen molar-refractivity contribution in [1.29, 1.82) is 0 Å². The van der Waals surface area contributed by atoms with E-state index in [0.29, 0.717) is 19.4 Å². The molecule has 1 unspecified atom stereocenters. The number of nitrogens with zero attached hydrogens (tertiary/aromatic N) is 1. The Hall–Kier alpha value is -1.35. The van der Waals surface area contributed by atoms with E-state index in [1.165, 1.54) is 0 Å². The first-order chi connectivity index (χ1) is 8.65. The monoisotopic (exact) mass is 263 g/mol. The average molecular weight is 264 g/mol. The summed E-state index contributed by atoms with van der Waals surface area (Å²) in [6, 6.07) is 5.74. The number of Topliss-reactive ketones (excluding diaryl/α,β-unsaturated/α-hetero) is 1. The third kappa shape index (κ3) is 1.93. The normalized spacial score (nSPS) is 23.4. The highest BCUT2D eigenvalue weighted by Crippen LogP contribution is 2.29. The molecule has 0 N–H and O–H groups in total. The minimum Gasteiger partial charge on any atom is -0.311 e. The largest absolute Gasteiger partial charge is 0.311 e. The third-order valence-electron chi connectivity index (χ3n) is 3.63. The Balaban J connectivity index is 1.97. The zero-order valence-corrected chi connectivity index (χ0v) is 10.7. The third-order valence-corrected chi connectivity index (χ3v) is 3.93. The number of anilines is 1. The van der Waals surface area contributed by atoms with Crippen molar-refractivity contribution < 1.29 is 9.59 Å². The Morgan fingerprint density at radius 1 is 1.22 bits per heavy atom. The van der Waals surface area contributed by atoms with Gasteiger partial charge in [-0.1, -0.05) is 6.07 Å². The van der Waals surface area contributed by atoms with Gasteiger partial charge in [-0.3, -0.25) is 9.59 Å². The lowest BCUT2D eigenvalue weighted by Gasteiger charge is -2.20. The van der Waals surface area contributed by atoms with E-state index in [-0.39, 0.29) is 17.1 Å². The summed E-state index contributed by atoms with van der Waals surface area (Å²) in [4.78, 5) is 25.3. The van der Waals surface area contributed by atoms with Crippen LogP contribution in [0.15, 0.2) is 18.2 Å². The average Bonchev–Trinajstić information content (AvgIpc) is 2.69. The molecule has 1 aromatic rings. The van der Waals surface area contributed by atoms with E-state index >= 15 is 0 Å². The number of rotatable bonds is 1. The van der Waals surface area contributed by atoms with Gasteiger partial charge in [0.25, 0.3) is 0 Å². The Kier molecular flexibility index (Phi) is 2.86. The molecule has 3 nitrogen and oxygen atoms in total. The summed E-state index contributed by atoms with van der Waals surface area (Å²) in [6.45, 7) is 0.535. The van der Waals surface area contributed by atoms with Crippen molar-refractivity contribution in [3.05, 3.63) is 29.3 Å². The van der Waals surface area contributed by atoms with Crippen LogP contribution in [0.25, 0.3) is 0 Å². The molecule has 18 heavy (non-hydrogen) atoms. The fourth-order valence-electron chi connectivity index (χ4n) is 2.70. The minimum absolute atomic E-state index is 0.0400. The molecule has 3 rings (SSSR count). The number of amides is 1. The van der Waals surface area contributed by atoms with Gasteiger partial charge >= 0.3 is 0 Å². The lowest BCUT2D eigenvalue weighted by molar-refractivity contribution is -0.117. The molecule has 2 aliphatic rings. The van der Waals surface area contributed by atoms with Crippen molar-refractivity contribution in [3.8, 4) is 0 Å². The second-order valence-corrected chi connectivity index (χ2v) is 5.54. The lowest BCUT2D eigenvalue weighted by Crippen LogP contribution is -2.25. The van der Waals surface area contributed by atoms with Gasteiger partial charge in [-0.25, -0.2) is 0 Å². The summed E-state index contributed by atoms with van der Waals surface area (Å²) in [7, 11) is 0. The van der Waals surface area contributed by atoms with Gasteiger partial charge in [0.1, 0.15) is 0 Å². The number of aryl methyl sites for hydroxylation is 1. The predicted molar refractivity (Wildman–Crippen MR) is 70.3 cm³/mol. The number of halogens is 1. The number of ketones is 1. The lowest BCUT2D eigenvalue weighted by atomic mass is 9.90. The molecule has 94 valence electrons. The van der Waals surface area contributed by atoms with Crippen LogP contribution in [0.1, 0.15) is 35.2 Å². The summed E-state index contributed by atoms with van der Waals surface area (Å²) in [5.41, 5.74) is 2.69. The maximum Gasteiger partial charge on any atom is 0.228 e. The molecule has 0 aromatic heterocycles. The Morgan fingerprint density at radius 2 is 2.06 bits per heavy atom. The molecule has 0 saturated carbocycles. The van der Waals surface area contributed by atoms with Crippen LogP contribution in [0.3, 0.4) is 0 Å². The van der Waals surface area contributed by atoms with Crippen molar-refractivity contribution in [2.45, 2.75) is 31.1 Å². The number of hydrogen-bond donors (Lipinski definition) is 0. The molecule has 1 heterocycles. The van der Waals surface area contributed by atoms with Crippen LogP contribution in [0.4, 0.5) is 5.69 Å². The number of carbonyl (C=O) groups excluding carboxylic acids is 2. The number of fused-ring (bicyclic) bond motifs is 1. The zero-order valence-electron chi connectivity index (χ0n) is 9.99. The molecular formula is C14H14ClNO2. The SMILES string of the molecule is O=C1CCCc2ccc(N3CC(Cl)CC3=O)cc21. The topological polar surface area (TPSA) is 37.4 Å². The van der Waals surface area contributed by atoms with E-state index in [0.717, 1.165) is 29.7 Å². The van der Waals surface area contributed by atoms with Crippen LogP contribution in [-0.2, 0) is 11.2 Å². The highest BCUT2D eigenvalue weighted by molar-refractivity contribution is 6.24. The van der Waals surface area contributed by atoms with Crippen LogP contribution < -0.4 is 4.90 Å². The fourth-order valence-corrected chi connectivity index (χ4v) is 2.97. The highest BCUT2D eigenvalue weighted by Gasteiger charge is 2.30. The van der Waals surface area contributed by atoms with E-state index in [1.54, 1.807) is 4.90 Å². The van der Waals surface area contributed by atoms with Crippen molar-refractivity contribution in [2.75, 3.05) is 11.4 Å². The van der Waals surface area contributed by atoms with Crippen LogP contribution in [0, 0.1) is 0 Å². The van der Waals surface area contributed by atoms with E-state index < -0.39 is 0 Å². The molecule has 1 fully saturated rings. The van der Waals surface area contributed by atoms with Gasteiger partial charge in [0.2, 0.25) is 5.91 Å². The van der Waals surface area contributed by atoms with Crippen molar-refractivity contribution in [2.24, 2.45) is 0 Å². The molecule has 0 radical (unpaired) electrons. The molecule has 1 aliphatic heterocycles. The van der Waals surface area contributed by atoms with E-state index in [4.69, 9.17) is 11.6 Å². The minimum atomic E-state index is -0.121. The van der Waals surface area contributed by atoms with Gasteiger partial charge in [-0.15, -0.1) is 11.6 Å². The molecule has 1 amide bonds. The van der Waals surface area contributed by atoms with Gasteiger partial charge in [0, 0.05) is 30.6 Å². The smallest absolute Gasteiger partial charge is 0.228 e. The van der Waals surface area contributed by atoms with E-state index in [2.05, 4.69) is 0 Å². The molecule has 1 saturated heterocycles. The van der Waals surface area contributed by atoms with E-state index in [1.807, 2.05) is 18.2 Å². The molecule has 0 bridgehead atoms. The van der Waals surface area contributed by atoms with Crippen molar-refractivity contribution >= 4 is 29.0 Å². The Labute approximate surface area is 111 Å². The summed E-state index contributed by atoms with van der Waals surface area (Å²) >= 11 is 5.99. The van der Waals surface area contributed by atoms with Gasteiger partial charge in [-0.2, -0.15) is 0 Å². The summed E-state index contributed by atoms with van der Waals surface area (Å²) in [6.07, 6.45) is 2.88. The first kappa shape index (κ1) is 11.7. The maximum atomic E-state index is 11.9. The molecule has 1 aliphatic carbocycles. The highest BCUT2D eigenvalue weighted by atomic mass is 35.5. The standard InChI is InChI=1S/C14H14ClNO2/c15-10-6-14(18)16(8-10)11-5-4-9-2-1-3-13(17)12(9)7-11/h4-5,7,10H,1-3,6,8H2. The van der Waals surface area contributed by atoms with Gasteiger partial charge in [0.05, 0.1) is 5.38 Å². The quantitative estimate of drug-likeness (QED) is 0.730. The van der Waals surface area contributed by atoms with Crippen LogP contribution in [0.5, 0.6) is 0 Å². The predicted octanol–water partition coefficient (Wildman–Crippen LogP) is 2.55.